The fourth-order valence-corrected chi connectivity index (χ4v) is 2.18. The van der Waals surface area contributed by atoms with E-state index in [1.807, 2.05) is 6.07 Å². The molecule has 0 atom stereocenters. The Morgan fingerprint density at radius 1 is 1.30 bits per heavy atom. The highest BCUT2D eigenvalue weighted by molar-refractivity contribution is 6.29. The van der Waals surface area contributed by atoms with Crippen molar-refractivity contribution < 1.29 is 4.79 Å². The average molecular weight is 287 g/mol. The largest absolute Gasteiger partial charge is 0.399 e. The van der Waals surface area contributed by atoms with E-state index in [1.165, 1.54) is 6.20 Å². The van der Waals surface area contributed by atoms with Crippen LogP contribution in [0.4, 0.5) is 11.4 Å². The Hall–Kier alpha value is -2.53. The zero-order valence-electron chi connectivity index (χ0n) is 10.4. The molecule has 3 aromatic rings. The molecule has 2 heterocycles. The van der Waals surface area contributed by atoms with Crippen molar-refractivity contribution in [1.29, 1.82) is 0 Å². The predicted octanol–water partition coefficient (Wildman–Crippen LogP) is 3.05. The van der Waals surface area contributed by atoms with Crippen LogP contribution in [0, 0.1) is 0 Å². The summed E-state index contributed by atoms with van der Waals surface area (Å²) in [7, 11) is 0. The molecule has 1 aromatic carbocycles. The predicted molar refractivity (Wildman–Crippen MR) is 79.9 cm³/mol. The number of nitrogen functional groups attached to an aromatic ring is 1. The smallest absolute Gasteiger partial charge is 0.257 e. The molecule has 2 aromatic heterocycles. The van der Waals surface area contributed by atoms with Gasteiger partial charge in [0.1, 0.15) is 5.15 Å². The average Bonchev–Trinajstić information content (AvgIpc) is 2.81. The lowest BCUT2D eigenvalue weighted by Crippen LogP contribution is -2.11. The molecule has 0 saturated heterocycles. The number of hydrogen-bond acceptors (Lipinski definition) is 3. The van der Waals surface area contributed by atoms with Crippen molar-refractivity contribution in [2.75, 3.05) is 11.1 Å². The monoisotopic (exact) mass is 286 g/mol. The van der Waals surface area contributed by atoms with Crippen molar-refractivity contribution in [2.24, 2.45) is 0 Å². The molecule has 100 valence electrons. The van der Waals surface area contributed by atoms with Crippen LogP contribution in [0.15, 0.2) is 42.7 Å². The van der Waals surface area contributed by atoms with Crippen molar-refractivity contribution in [3.05, 3.63) is 53.4 Å². The Morgan fingerprint density at radius 3 is 2.95 bits per heavy atom. The highest BCUT2D eigenvalue weighted by Crippen LogP contribution is 2.22. The van der Waals surface area contributed by atoms with Gasteiger partial charge in [-0.1, -0.05) is 11.6 Å². The molecule has 0 aliphatic carbocycles. The van der Waals surface area contributed by atoms with E-state index in [1.54, 1.807) is 30.5 Å². The second-order valence-corrected chi connectivity index (χ2v) is 4.72. The zero-order chi connectivity index (χ0) is 14.1. The van der Waals surface area contributed by atoms with E-state index >= 15 is 0 Å². The van der Waals surface area contributed by atoms with Gasteiger partial charge in [-0.15, -0.1) is 0 Å². The van der Waals surface area contributed by atoms with Gasteiger partial charge in [-0.05, 0) is 30.3 Å². The minimum absolute atomic E-state index is 0.232. The maximum absolute atomic E-state index is 12.3. The molecule has 0 aliphatic rings. The number of pyridine rings is 1. The number of benzene rings is 1. The molecule has 20 heavy (non-hydrogen) atoms. The molecule has 0 unspecified atom stereocenters. The summed E-state index contributed by atoms with van der Waals surface area (Å²) in [6.07, 6.45) is 3.19. The molecule has 3 rings (SSSR count). The molecule has 0 saturated carbocycles. The van der Waals surface area contributed by atoms with Gasteiger partial charge in [-0.3, -0.25) is 4.79 Å². The maximum atomic E-state index is 12.3. The number of aromatic amines is 1. The summed E-state index contributed by atoms with van der Waals surface area (Å²) >= 11 is 5.78. The number of anilines is 2. The second-order valence-electron chi connectivity index (χ2n) is 4.33. The summed E-state index contributed by atoms with van der Waals surface area (Å²) in [4.78, 5) is 19.2. The minimum Gasteiger partial charge on any atom is -0.399 e. The van der Waals surface area contributed by atoms with Crippen molar-refractivity contribution in [3.8, 4) is 0 Å². The fourth-order valence-electron chi connectivity index (χ4n) is 2.00. The van der Waals surface area contributed by atoms with Crippen molar-refractivity contribution in [1.82, 2.24) is 9.97 Å². The first-order valence-electron chi connectivity index (χ1n) is 5.93. The highest BCUT2D eigenvalue weighted by Gasteiger charge is 2.12. The molecular formula is C14H11ClN4O. The van der Waals surface area contributed by atoms with Crippen LogP contribution in [0.3, 0.4) is 0 Å². The number of halogens is 1. The summed E-state index contributed by atoms with van der Waals surface area (Å²) in [5, 5.41) is 3.88. The molecular weight excluding hydrogens is 276 g/mol. The van der Waals surface area contributed by atoms with Crippen LogP contribution in [-0.4, -0.2) is 15.9 Å². The molecule has 0 spiro atoms. The second kappa shape index (κ2) is 4.86. The van der Waals surface area contributed by atoms with E-state index in [-0.39, 0.29) is 5.91 Å². The normalized spacial score (nSPS) is 10.7. The van der Waals surface area contributed by atoms with Crippen molar-refractivity contribution in [3.63, 3.8) is 0 Å². The topological polar surface area (TPSA) is 83.8 Å². The molecule has 6 heteroatoms. The molecule has 4 N–H and O–H groups in total. The van der Waals surface area contributed by atoms with E-state index < -0.39 is 0 Å². The molecule has 0 aliphatic heterocycles. The van der Waals surface area contributed by atoms with Crippen LogP contribution in [0.25, 0.3) is 10.9 Å². The van der Waals surface area contributed by atoms with Crippen LogP contribution in [0.2, 0.25) is 5.15 Å². The van der Waals surface area contributed by atoms with Gasteiger partial charge < -0.3 is 16.0 Å². The van der Waals surface area contributed by atoms with Crippen LogP contribution in [0.5, 0.6) is 0 Å². The number of amides is 1. The number of rotatable bonds is 2. The number of H-pyrrole nitrogens is 1. The number of nitrogens with two attached hydrogens (primary N) is 1. The summed E-state index contributed by atoms with van der Waals surface area (Å²) < 4.78 is 0. The van der Waals surface area contributed by atoms with Gasteiger partial charge in [0.2, 0.25) is 0 Å². The first-order chi connectivity index (χ1) is 9.63. The van der Waals surface area contributed by atoms with Gasteiger partial charge in [0.25, 0.3) is 5.91 Å². The molecule has 0 radical (unpaired) electrons. The zero-order valence-corrected chi connectivity index (χ0v) is 11.1. The minimum atomic E-state index is -0.232. The van der Waals surface area contributed by atoms with Crippen LogP contribution in [-0.2, 0) is 0 Å². The number of carbonyl (C=O) groups is 1. The first kappa shape index (κ1) is 12.5. The molecule has 1 amide bonds. The third kappa shape index (κ3) is 2.31. The lowest BCUT2D eigenvalue weighted by Gasteiger charge is -2.04. The standard InChI is InChI=1S/C14H11ClN4O/c15-13-6-9(3-4-17-13)19-14(20)11-7-18-12-2-1-8(16)5-10(11)12/h1-7,18H,16H2,(H,17,19,20). The summed E-state index contributed by atoms with van der Waals surface area (Å²) in [6, 6.07) is 8.64. The SMILES string of the molecule is Nc1ccc2[nH]cc(C(=O)Nc3ccnc(Cl)c3)c2c1. The lowest BCUT2D eigenvalue weighted by atomic mass is 10.1. The molecule has 0 bridgehead atoms. The van der Waals surface area contributed by atoms with Crippen molar-refractivity contribution in [2.45, 2.75) is 0 Å². The summed E-state index contributed by atoms with van der Waals surface area (Å²) in [5.41, 5.74) is 8.34. The molecule has 5 nitrogen and oxygen atoms in total. The number of nitrogens with zero attached hydrogens (tertiary/aromatic N) is 1. The van der Waals surface area contributed by atoms with E-state index in [0.717, 1.165) is 10.9 Å². The Labute approximate surface area is 119 Å². The number of hydrogen-bond donors (Lipinski definition) is 3. The van der Waals surface area contributed by atoms with Gasteiger partial charge in [0.05, 0.1) is 5.56 Å². The van der Waals surface area contributed by atoms with Crippen LogP contribution in [0.1, 0.15) is 10.4 Å². The van der Waals surface area contributed by atoms with E-state index in [0.29, 0.717) is 22.1 Å². The number of aromatic nitrogens is 2. The van der Waals surface area contributed by atoms with Gasteiger partial charge in [-0.25, -0.2) is 4.98 Å². The van der Waals surface area contributed by atoms with E-state index in [9.17, 15) is 4.79 Å². The van der Waals surface area contributed by atoms with E-state index in [2.05, 4.69) is 15.3 Å². The van der Waals surface area contributed by atoms with Gasteiger partial charge in [-0.2, -0.15) is 0 Å². The number of nitrogens with one attached hydrogen (secondary N) is 2. The highest BCUT2D eigenvalue weighted by atomic mass is 35.5. The van der Waals surface area contributed by atoms with Gasteiger partial charge >= 0.3 is 0 Å². The summed E-state index contributed by atoms with van der Waals surface area (Å²) in [5.74, 6) is -0.232. The van der Waals surface area contributed by atoms with Gasteiger partial charge in [0.15, 0.2) is 0 Å². The maximum Gasteiger partial charge on any atom is 0.257 e. The number of fused-ring (bicyclic) bond motifs is 1. The van der Waals surface area contributed by atoms with Crippen molar-refractivity contribution >= 4 is 39.8 Å². The van der Waals surface area contributed by atoms with Crippen LogP contribution >= 0.6 is 11.6 Å². The van der Waals surface area contributed by atoms with Crippen LogP contribution < -0.4 is 11.1 Å². The third-order valence-corrected chi connectivity index (χ3v) is 3.14. The molecule has 0 fully saturated rings. The number of carbonyl (C=O) groups excluding carboxylic acids is 1. The van der Waals surface area contributed by atoms with E-state index in [4.69, 9.17) is 17.3 Å². The lowest BCUT2D eigenvalue weighted by molar-refractivity contribution is 0.102. The fraction of sp³-hybridized carbons (Fsp3) is 0. The Kier molecular flexibility index (Phi) is 3.04. The summed E-state index contributed by atoms with van der Waals surface area (Å²) in [6.45, 7) is 0. The Morgan fingerprint density at radius 2 is 2.15 bits per heavy atom. The first-order valence-corrected chi connectivity index (χ1v) is 6.31. The van der Waals surface area contributed by atoms with Gasteiger partial charge in [0, 0.05) is 34.7 Å². The third-order valence-electron chi connectivity index (χ3n) is 2.93. The quantitative estimate of drug-likeness (QED) is 0.500. The Bertz CT molecular complexity index is 797. The Balaban J connectivity index is 1.94.